The number of aromatic nitrogens is 4. The van der Waals surface area contributed by atoms with Crippen molar-refractivity contribution >= 4 is 87.8 Å². The van der Waals surface area contributed by atoms with Gasteiger partial charge in [-0.3, -0.25) is 0 Å². The molecule has 8 heterocycles. The van der Waals surface area contributed by atoms with Crippen molar-refractivity contribution in [1.29, 1.82) is 21.0 Å². The minimum Gasteiger partial charge on any atom is -0.454 e. The molecule has 660 valence electrons. The minimum atomic E-state index is -3.12. The van der Waals surface area contributed by atoms with Crippen molar-refractivity contribution in [2.24, 2.45) is 28.2 Å². The van der Waals surface area contributed by atoms with Crippen molar-refractivity contribution in [2.75, 3.05) is 0 Å². The van der Waals surface area contributed by atoms with Crippen LogP contribution in [0.5, 0.6) is 0 Å². The molecule has 4 fully saturated rings. The summed E-state index contributed by atoms with van der Waals surface area (Å²) in [5, 5.41) is 46.8. The summed E-state index contributed by atoms with van der Waals surface area (Å²) in [7, 11) is 7.55. The fourth-order valence-corrected chi connectivity index (χ4v) is 20.3. The normalized spacial score (nSPS) is 18.2. The SMILES string of the molecule is [2H]C(C)(C)c1cc(C)[n+](C)c(-c2c(C)ccc3c2oc2c(C#N)cc(C4([2H])CCCCC4)cc23)c1.[2H]C1(c2cc(C#N)c3oc4c(-c5cc(C([2H])(C([2H])([2H])[2H])C([2H])([2H])[2H])cc(C)[n+]5C)c(C)ccc4c3c2)CCCCC1.[2H]c1c(C([2H])(C)C)c([2H])c(-c2c(C)ccc3c2oc2c(C#N)cc(C4([2H])CCCCC4)cc23)[n+](C)c1C.[2H]c1c(C)c([2H])c(-c2c(C)ccc3c2oc2c(C#N)cc(C4([2H])CCCCC4)cc23)[n+](C)c1C. The monoisotopic (exact) mass is 1740 g/mol. The van der Waals surface area contributed by atoms with E-state index in [1.807, 2.05) is 163 Å². The Morgan fingerprint density at radius 2 is 0.577 bits per heavy atom. The molecule has 0 saturated heterocycles. The van der Waals surface area contributed by atoms with Gasteiger partial charge in [0.05, 0.1) is 50.0 Å². The molecule has 0 aliphatic heterocycles. The van der Waals surface area contributed by atoms with Crippen LogP contribution < -0.4 is 18.3 Å². The van der Waals surface area contributed by atoms with Crippen LogP contribution in [-0.2, 0) is 28.2 Å². The summed E-state index contributed by atoms with van der Waals surface area (Å²) in [6, 6.07) is 48.8. The Balaban J connectivity index is 0.000000134. The van der Waals surface area contributed by atoms with Crippen LogP contribution in [0, 0.1) is 108 Å². The Hall–Kier alpha value is -12.5. The molecule has 16 aromatic rings. The first-order valence-corrected chi connectivity index (χ1v) is 46.3. The molecule has 0 spiro atoms. The molecule has 8 aromatic carbocycles. The van der Waals surface area contributed by atoms with Crippen molar-refractivity contribution in [2.45, 2.75) is 273 Å². The smallest absolute Gasteiger partial charge is 0.216 e. The highest BCUT2D eigenvalue weighted by molar-refractivity contribution is 6.15. The van der Waals surface area contributed by atoms with Crippen LogP contribution in [0.2, 0.25) is 0 Å². The Morgan fingerprint density at radius 3 is 0.862 bits per heavy atom. The van der Waals surface area contributed by atoms with E-state index in [2.05, 4.69) is 73.0 Å². The van der Waals surface area contributed by atoms with E-state index >= 15 is 0 Å². The summed E-state index contributed by atoms with van der Waals surface area (Å²) in [5.74, 6) is -7.49. The molecular weight excluding hydrogens is 1590 g/mol. The second-order valence-corrected chi connectivity index (χ2v) is 37.2. The molecular formula is C118H128N8O4+4. The molecule has 12 heteroatoms. The number of pyridine rings is 4. The van der Waals surface area contributed by atoms with E-state index in [9.17, 15) is 21.0 Å². The maximum Gasteiger partial charge on any atom is 0.216 e. The summed E-state index contributed by atoms with van der Waals surface area (Å²) in [6.07, 6.45) is 19.0. The first-order valence-electron chi connectivity index (χ1n) is 54.8. The van der Waals surface area contributed by atoms with Crippen LogP contribution in [0.25, 0.3) is 133 Å². The molecule has 4 aliphatic carbocycles. The number of nitrogens with zero attached hydrogens (tertiary/aromatic N) is 8. The molecule has 0 atom stereocenters. The van der Waals surface area contributed by atoms with Crippen LogP contribution in [-0.4, -0.2) is 0 Å². The molecule has 0 radical (unpaired) electrons. The van der Waals surface area contributed by atoms with Gasteiger partial charge in [-0.1, -0.05) is 167 Å². The molecule has 130 heavy (non-hydrogen) atoms. The van der Waals surface area contributed by atoms with Gasteiger partial charge in [0.15, 0.2) is 45.1 Å². The number of hydrogen-bond donors (Lipinski definition) is 0. The average molecular weight is 1740 g/mol. The summed E-state index contributed by atoms with van der Waals surface area (Å²) in [5.41, 5.74) is 24.3. The van der Waals surface area contributed by atoms with E-state index in [4.69, 9.17) is 41.0 Å². The van der Waals surface area contributed by atoms with Gasteiger partial charge in [0.25, 0.3) is 0 Å². The number of hydrogen-bond acceptors (Lipinski definition) is 8. The van der Waals surface area contributed by atoms with Gasteiger partial charge in [0, 0.05) is 137 Å². The zero-order valence-corrected chi connectivity index (χ0v) is 78.4. The lowest BCUT2D eigenvalue weighted by Crippen LogP contribution is -2.35. The van der Waals surface area contributed by atoms with E-state index < -0.39 is 55.0 Å². The number of benzene rings is 8. The standard InChI is InChI=1S/3C30H33N2O.C28H29N2O/c3*1-18(2)22-13-20(4)32(5)27(16-22)28-19(3)11-12-25-26-15-23(21-9-7-6-8-10-21)14-24(17-31)29(26)33-30(25)28;1-17-12-19(3)30(4)25(13-17)26-18(2)10-11-23-24-15-21(20-8-6-5-7-9-20)14-22(16-29)27(24)31-28(23)26/h3*11-16,18,21H,6-10H2,1-5H3;10-15,20H,5-9H2,1-4H3/q4*+1/i13D,16D,18D,21D;1D3,2D3,18D,21D;18D,21D;12D,13D,20D. The van der Waals surface area contributed by atoms with Crippen LogP contribution in [0.1, 0.15) is 346 Å². The topological polar surface area (TPSA) is 163 Å². The first kappa shape index (κ1) is 70.4. The number of aryl methyl sites for hydroxylation is 6. The first-order chi connectivity index (χ1) is 69.1. The maximum absolute atomic E-state index is 10.1. The van der Waals surface area contributed by atoms with Crippen molar-refractivity contribution in [3.05, 3.63) is 257 Å². The van der Waals surface area contributed by atoms with Crippen LogP contribution in [0.3, 0.4) is 0 Å². The summed E-state index contributed by atoms with van der Waals surface area (Å²) < 4.78 is 179. The third-order valence-corrected chi connectivity index (χ3v) is 28.1. The van der Waals surface area contributed by atoms with Crippen LogP contribution >= 0.6 is 0 Å². The zero-order chi connectivity index (χ0) is 106. The molecule has 0 unspecified atom stereocenters. The van der Waals surface area contributed by atoms with Gasteiger partial charge in [-0.15, -0.1) is 0 Å². The Morgan fingerprint density at radius 1 is 0.308 bits per heavy atom. The number of rotatable bonds is 11. The molecule has 8 aromatic heterocycles. The highest BCUT2D eigenvalue weighted by atomic mass is 16.3. The quantitative estimate of drug-likeness (QED) is 0.116. The van der Waals surface area contributed by atoms with Crippen LogP contribution in [0.4, 0.5) is 0 Å². The van der Waals surface area contributed by atoms with E-state index in [-0.39, 0.29) is 17.6 Å². The van der Waals surface area contributed by atoms with E-state index in [1.54, 1.807) is 33.9 Å². The molecule has 0 amide bonds. The molecule has 12 nitrogen and oxygen atoms in total. The largest absolute Gasteiger partial charge is 0.454 e. The van der Waals surface area contributed by atoms with E-state index in [1.165, 1.54) is 18.6 Å². The Kier molecular flexibility index (Phi) is 20.1. The van der Waals surface area contributed by atoms with Crippen LogP contribution in [0.15, 0.2) is 163 Å². The van der Waals surface area contributed by atoms with Gasteiger partial charge < -0.3 is 17.7 Å². The third-order valence-electron chi connectivity index (χ3n) is 28.1. The van der Waals surface area contributed by atoms with E-state index in [0.29, 0.717) is 119 Å². The Bertz CT molecular complexity index is 8250. The lowest BCUT2D eigenvalue weighted by atomic mass is 9.83. The molecule has 0 N–H and O–H groups in total. The van der Waals surface area contributed by atoms with Crippen molar-refractivity contribution in [3.63, 3.8) is 0 Å². The Labute approximate surface area is 792 Å². The number of fused-ring (bicyclic) bond motifs is 12. The summed E-state index contributed by atoms with van der Waals surface area (Å²) >= 11 is 0. The second-order valence-electron chi connectivity index (χ2n) is 37.2. The molecule has 20 rings (SSSR count). The summed E-state index contributed by atoms with van der Waals surface area (Å²) in [4.78, 5) is 0. The average Bonchev–Trinajstić information content (AvgIpc) is 1.69. The van der Waals surface area contributed by atoms with Gasteiger partial charge >= 0.3 is 0 Å². The molecule has 4 aliphatic rings. The fraction of sp³-hybridized carbons (Fsp3) is 0.390. The fourth-order valence-electron chi connectivity index (χ4n) is 20.3. The lowest BCUT2D eigenvalue weighted by Gasteiger charge is -2.22. The summed E-state index contributed by atoms with van der Waals surface area (Å²) in [6.45, 7) is 18.2. The predicted octanol–water partition coefficient (Wildman–Crippen LogP) is 30.1. The third kappa shape index (κ3) is 16.9. The van der Waals surface area contributed by atoms with Gasteiger partial charge in [-0.05, 0) is 243 Å². The van der Waals surface area contributed by atoms with Gasteiger partial charge in [-0.2, -0.15) is 39.3 Å². The highest BCUT2D eigenvalue weighted by Crippen LogP contribution is 2.49. The number of furan rings is 4. The second kappa shape index (κ2) is 37.2. The van der Waals surface area contributed by atoms with Crippen molar-refractivity contribution in [3.8, 4) is 69.3 Å². The zero-order valence-electron chi connectivity index (χ0n) is 95.4. The maximum atomic E-state index is 10.1. The minimum absolute atomic E-state index is 0.135. The van der Waals surface area contributed by atoms with Crippen molar-refractivity contribution in [1.82, 2.24) is 0 Å². The van der Waals surface area contributed by atoms with Crippen molar-refractivity contribution < 1.29 is 59.2 Å². The lowest BCUT2D eigenvalue weighted by molar-refractivity contribution is -0.666. The number of nitriles is 4. The van der Waals surface area contributed by atoms with Gasteiger partial charge in [-0.25, -0.2) is 0 Å². The predicted molar refractivity (Wildman–Crippen MR) is 528 cm³/mol. The van der Waals surface area contributed by atoms with Gasteiger partial charge in [0.2, 0.25) is 22.8 Å². The molecule has 4 saturated carbocycles. The molecule has 0 bridgehead atoms. The highest BCUT2D eigenvalue weighted by Gasteiger charge is 2.33. The van der Waals surface area contributed by atoms with E-state index in [0.717, 1.165) is 255 Å². The van der Waals surface area contributed by atoms with Gasteiger partial charge in [0.1, 0.15) is 74.8 Å².